The molecule has 0 spiro atoms. The Morgan fingerprint density at radius 2 is 1.76 bits per heavy atom. The number of rotatable bonds is 4. The van der Waals surface area contributed by atoms with Gasteiger partial charge in [0.15, 0.2) is 11.5 Å². The number of benzene rings is 2. The maximum atomic E-state index is 12.9. The minimum atomic E-state index is -3.67. The van der Waals surface area contributed by atoms with Gasteiger partial charge >= 0.3 is 0 Å². The van der Waals surface area contributed by atoms with Gasteiger partial charge in [0.1, 0.15) is 13.2 Å². The topological polar surface area (TPSA) is 84.9 Å². The number of amides is 1. The highest BCUT2D eigenvalue weighted by Gasteiger charge is 2.27. The first-order valence-corrected chi connectivity index (χ1v) is 12.0. The summed E-state index contributed by atoms with van der Waals surface area (Å²) in [5, 5.41) is 2.91. The Labute approximate surface area is 178 Å². The maximum Gasteiger partial charge on any atom is 0.257 e. The van der Waals surface area contributed by atoms with Crippen molar-refractivity contribution in [2.75, 3.05) is 43.1 Å². The molecule has 1 saturated heterocycles. The van der Waals surface area contributed by atoms with Crippen LogP contribution in [0.25, 0.3) is 0 Å². The van der Waals surface area contributed by atoms with Gasteiger partial charge in [-0.15, -0.1) is 0 Å². The Morgan fingerprint density at radius 1 is 1.03 bits per heavy atom. The van der Waals surface area contributed by atoms with Gasteiger partial charge in [-0.05, 0) is 30.3 Å². The van der Waals surface area contributed by atoms with E-state index in [1.54, 1.807) is 30.0 Å². The SMILES string of the molecule is O=C(Nc1ccc2c(c1)OCCO2)c1cc(S(=O)(=O)N2CCSCC2)ccc1Cl. The predicted molar refractivity (Wildman–Crippen MR) is 113 cm³/mol. The predicted octanol–water partition coefficient (Wildman–Crippen LogP) is 3.10. The summed E-state index contributed by atoms with van der Waals surface area (Å²) >= 11 is 7.91. The molecular formula is C19H19ClN2O5S2. The highest BCUT2D eigenvalue weighted by atomic mass is 35.5. The van der Waals surface area contributed by atoms with E-state index in [0.29, 0.717) is 43.5 Å². The van der Waals surface area contributed by atoms with E-state index in [0.717, 1.165) is 11.5 Å². The van der Waals surface area contributed by atoms with Crippen LogP contribution in [-0.2, 0) is 10.0 Å². The number of ether oxygens (including phenoxy) is 2. The Kier molecular flexibility index (Phi) is 5.91. The Hall–Kier alpha value is -1.94. The first kappa shape index (κ1) is 20.3. The minimum Gasteiger partial charge on any atom is -0.486 e. The van der Waals surface area contributed by atoms with Crippen molar-refractivity contribution in [1.29, 1.82) is 0 Å². The van der Waals surface area contributed by atoms with Crippen LogP contribution in [0.1, 0.15) is 10.4 Å². The van der Waals surface area contributed by atoms with Gasteiger partial charge in [0.25, 0.3) is 5.91 Å². The van der Waals surface area contributed by atoms with Crippen LogP contribution in [0.4, 0.5) is 5.69 Å². The zero-order chi connectivity index (χ0) is 20.4. The van der Waals surface area contributed by atoms with E-state index in [2.05, 4.69) is 5.32 Å². The molecule has 2 heterocycles. The largest absolute Gasteiger partial charge is 0.486 e. The minimum absolute atomic E-state index is 0.0566. The average Bonchev–Trinajstić information content (AvgIpc) is 2.74. The number of hydrogen-bond acceptors (Lipinski definition) is 6. The quantitative estimate of drug-likeness (QED) is 0.764. The molecule has 2 aliphatic rings. The van der Waals surface area contributed by atoms with E-state index in [9.17, 15) is 13.2 Å². The van der Waals surface area contributed by atoms with Crippen LogP contribution in [0.5, 0.6) is 11.5 Å². The highest BCUT2D eigenvalue weighted by molar-refractivity contribution is 7.99. The molecule has 1 amide bonds. The molecule has 1 fully saturated rings. The van der Waals surface area contributed by atoms with Gasteiger partial charge in [0, 0.05) is 36.3 Å². The van der Waals surface area contributed by atoms with Crippen LogP contribution in [0, 0.1) is 0 Å². The van der Waals surface area contributed by atoms with Crippen LogP contribution in [0.3, 0.4) is 0 Å². The molecule has 2 aliphatic heterocycles. The van der Waals surface area contributed by atoms with Crippen LogP contribution in [0.15, 0.2) is 41.3 Å². The molecule has 0 saturated carbocycles. The molecule has 1 N–H and O–H groups in total. The number of carbonyl (C=O) groups excluding carboxylic acids is 1. The molecule has 0 aromatic heterocycles. The second-order valence-electron chi connectivity index (χ2n) is 6.47. The number of halogens is 1. The average molecular weight is 455 g/mol. The third kappa shape index (κ3) is 4.32. The lowest BCUT2D eigenvalue weighted by Crippen LogP contribution is -2.37. The first-order valence-electron chi connectivity index (χ1n) is 9.03. The van der Waals surface area contributed by atoms with Gasteiger partial charge in [0.2, 0.25) is 10.0 Å². The van der Waals surface area contributed by atoms with Crippen molar-refractivity contribution in [2.24, 2.45) is 0 Å². The van der Waals surface area contributed by atoms with Gasteiger partial charge in [-0.3, -0.25) is 4.79 Å². The Morgan fingerprint density at radius 3 is 2.52 bits per heavy atom. The monoisotopic (exact) mass is 454 g/mol. The summed E-state index contributed by atoms with van der Waals surface area (Å²) in [6, 6.07) is 9.25. The number of nitrogens with one attached hydrogen (secondary N) is 1. The molecule has 0 bridgehead atoms. The zero-order valence-corrected chi connectivity index (χ0v) is 17.8. The molecular weight excluding hydrogens is 436 g/mol. The van der Waals surface area contributed by atoms with Gasteiger partial charge in [0.05, 0.1) is 15.5 Å². The summed E-state index contributed by atoms with van der Waals surface area (Å²) in [6.45, 7) is 1.82. The van der Waals surface area contributed by atoms with E-state index < -0.39 is 15.9 Å². The molecule has 0 atom stereocenters. The number of carbonyl (C=O) groups is 1. The van der Waals surface area contributed by atoms with E-state index >= 15 is 0 Å². The third-order valence-electron chi connectivity index (χ3n) is 4.59. The maximum absolute atomic E-state index is 12.9. The second kappa shape index (κ2) is 8.43. The molecule has 7 nitrogen and oxygen atoms in total. The van der Waals surface area contributed by atoms with Crippen LogP contribution < -0.4 is 14.8 Å². The lowest BCUT2D eigenvalue weighted by Gasteiger charge is -2.25. The molecule has 154 valence electrons. The third-order valence-corrected chi connectivity index (χ3v) is 7.76. The van der Waals surface area contributed by atoms with Gasteiger partial charge in [-0.2, -0.15) is 16.1 Å². The fourth-order valence-electron chi connectivity index (χ4n) is 3.09. The normalized spacial score (nSPS) is 17.0. The van der Waals surface area contributed by atoms with Crippen molar-refractivity contribution in [3.63, 3.8) is 0 Å². The highest BCUT2D eigenvalue weighted by Crippen LogP contribution is 2.33. The van der Waals surface area contributed by atoms with Gasteiger partial charge in [-0.1, -0.05) is 11.6 Å². The van der Waals surface area contributed by atoms with Crippen LogP contribution >= 0.6 is 23.4 Å². The smallest absolute Gasteiger partial charge is 0.257 e. The number of hydrogen-bond donors (Lipinski definition) is 1. The number of thioether (sulfide) groups is 1. The summed E-state index contributed by atoms with van der Waals surface area (Å²) < 4.78 is 38.2. The molecule has 2 aromatic rings. The van der Waals surface area contributed by atoms with Crippen LogP contribution in [-0.4, -0.2) is 56.4 Å². The molecule has 0 radical (unpaired) electrons. The standard InChI is InChI=1S/C19H19ClN2O5S2/c20-16-3-2-14(29(24,25)22-5-9-28-10-6-22)12-15(16)19(23)21-13-1-4-17-18(11-13)27-8-7-26-17/h1-4,11-12H,5-10H2,(H,21,23). The van der Waals surface area contributed by atoms with E-state index in [-0.39, 0.29) is 15.5 Å². The van der Waals surface area contributed by atoms with E-state index in [1.807, 2.05) is 0 Å². The van der Waals surface area contributed by atoms with Crippen LogP contribution in [0.2, 0.25) is 5.02 Å². The van der Waals surface area contributed by atoms with Gasteiger partial charge in [-0.25, -0.2) is 8.42 Å². The fourth-order valence-corrected chi connectivity index (χ4v) is 5.90. The zero-order valence-electron chi connectivity index (χ0n) is 15.4. The lowest BCUT2D eigenvalue weighted by atomic mass is 10.2. The summed E-state index contributed by atoms with van der Waals surface area (Å²) in [6.07, 6.45) is 0. The molecule has 0 aliphatic carbocycles. The Bertz CT molecular complexity index is 1040. The van der Waals surface area contributed by atoms with Crippen molar-refractivity contribution < 1.29 is 22.7 Å². The number of nitrogens with zero attached hydrogens (tertiary/aromatic N) is 1. The summed E-state index contributed by atoms with van der Waals surface area (Å²) in [5.41, 5.74) is 0.589. The molecule has 0 unspecified atom stereocenters. The van der Waals surface area contributed by atoms with Crippen molar-refractivity contribution >= 4 is 45.0 Å². The second-order valence-corrected chi connectivity index (χ2v) is 10.0. The van der Waals surface area contributed by atoms with Crippen molar-refractivity contribution in [1.82, 2.24) is 4.31 Å². The van der Waals surface area contributed by atoms with Crippen molar-refractivity contribution in [3.05, 3.63) is 47.0 Å². The number of fused-ring (bicyclic) bond motifs is 1. The molecule has 10 heteroatoms. The first-order chi connectivity index (χ1) is 13.9. The fraction of sp³-hybridized carbons (Fsp3) is 0.316. The molecule has 29 heavy (non-hydrogen) atoms. The number of sulfonamides is 1. The van der Waals surface area contributed by atoms with Gasteiger partial charge < -0.3 is 14.8 Å². The molecule has 4 rings (SSSR count). The van der Waals surface area contributed by atoms with Crippen molar-refractivity contribution in [3.8, 4) is 11.5 Å². The number of anilines is 1. The van der Waals surface area contributed by atoms with Crippen molar-refractivity contribution in [2.45, 2.75) is 4.90 Å². The van der Waals surface area contributed by atoms with E-state index in [4.69, 9.17) is 21.1 Å². The lowest BCUT2D eigenvalue weighted by molar-refractivity contribution is 0.102. The van der Waals surface area contributed by atoms with E-state index in [1.165, 1.54) is 22.5 Å². The summed E-state index contributed by atoms with van der Waals surface area (Å²) in [7, 11) is -3.67. The molecule has 2 aromatic carbocycles. The Balaban J connectivity index is 1.58. The summed E-state index contributed by atoms with van der Waals surface area (Å²) in [4.78, 5) is 12.8. The summed E-state index contributed by atoms with van der Waals surface area (Å²) in [5.74, 6) is 2.16.